The van der Waals surface area contributed by atoms with Crippen LogP contribution < -0.4 is 5.73 Å². The number of phenols is 1. The number of Topliss-reactive ketones (excluding diaryl/α,β-unsaturated/α-hetero) is 2. The van der Waals surface area contributed by atoms with E-state index in [0.717, 1.165) is 0 Å². The molecule has 0 heterocycles. The van der Waals surface area contributed by atoms with Crippen LogP contribution in [0.2, 0.25) is 0 Å². The molecule has 3 aliphatic rings. The highest BCUT2D eigenvalue weighted by atomic mass is 19.1. The molecule has 3 atom stereocenters. The summed E-state index contributed by atoms with van der Waals surface area (Å²) in [6.07, 6.45) is -0.442. The van der Waals surface area contributed by atoms with Gasteiger partial charge in [-0.05, 0) is 37.3 Å². The molecular formula is C26H31FN2O7. The molecule has 0 aliphatic heterocycles. The number of phenolic OH excluding ortho intramolecular Hbond substituents is 1. The van der Waals surface area contributed by atoms with Crippen molar-refractivity contribution in [3.63, 3.8) is 0 Å². The molecule has 0 bridgehead atoms. The largest absolute Gasteiger partial charge is 0.511 e. The summed E-state index contributed by atoms with van der Waals surface area (Å²) in [5.74, 6) is -7.95. The Morgan fingerprint density at radius 3 is 2.44 bits per heavy atom. The summed E-state index contributed by atoms with van der Waals surface area (Å²) in [5, 5.41) is 43.2. The first-order valence-electron chi connectivity index (χ1n) is 11.8. The summed E-state index contributed by atoms with van der Waals surface area (Å²) >= 11 is 0. The number of carbonyl (C=O) groups excluding carboxylic acids is 3. The molecule has 10 heteroatoms. The van der Waals surface area contributed by atoms with Crippen LogP contribution in [0.15, 0.2) is 28.7 Å². The molecule has 1 aromatic carbocycles. The lowest BCUT2D eigenvalue weighted by Crippen LogP contribution is -2.57. The molecule has 0 fully saturated rings. The normalized spacial score (nSPS) is 26.2. The topological polar surface area (TPSA) is 161 Å². The summed E-state index contributed by atoms with van der Waals surface area (Å²) in [5.41, 5.74) is 1.25. The predicted octanol–water partition coefficient (Wildman–Crippen LogP) is 2.20. The molecule has 36 heavy (non-hydrogen) atoms. The number of benzene rings is 1. The molecule has 1 amide bonds. The lowest BCUT2D eigenvalue weighted by molar-refractivity contribution is -0.144. The van der Waals surface area contributed by atoms with Crippen LogP contribution in [-0.4, -0.2) is 62.0 Å². The number of fused-ring (bicyclic) bond motifs is 3. The average Bonchev–Trinajstić information content (AvgIpc) is 2.72. The van der Waals surface area contributed by atoms with Crippen molar-refractivity contribution in [1.82, 2.24) is 4.90 Å². The fourth-order valence-electron chi connectivity index (χ4n) is 5.99. The standard InChI is InChI=1S/C26H31FN2O7/c1-25(2,3)10-29(4)9-12-7-15(30)18-14(20(12)27)6-11-5-13-8-16(31)19(24(28)35)23(34)26(13,36)22(33)17(11)21(18)32/h7,11,13,30-31,33,36H,5-6,8-10H2,1-4H3,(H2,28,35)/t11?,13-,26-/m0/s1. The number of amides is 1. The first-order valence-corrected chi connectivity index (χ1v) is 11.8. The number of halogens is 1. The van der Waals surface area contributed by atoms with E-state index in [2.05, 4.69) is 0 Å². The minimum absolute atomic E-state index is 0.00544. The van der Waals surface area contributed by atoms with Crippen molar-refractivity contribution in [2.45, 2.75) is 52.2 Å². The van der Waals surface area contributed by atoms with Crippen LogP contribution >= 0.6 is 0 Å². The quantitative estimate of drug-likeness (QED) is 0.392. The van der Waals surface area contributed by atoms with E-state index >= 15 is 4.39 Å². The second-order valence-corrected chi connectivity index (χ2v) is 11.4. The summed E-state index contributed by atoms with van der Waals surface area (Å²) in [6, 6.07) is 1.18. The van der Waals surface area contributed by atoms with Crippen LogP contribution in [-0.2, 0) is 22.6 Å². The summed E-state index contributed by atoms with van der Waals surface area (Å²) in [7, 11) is 1.83. The SMILES string of the molecule is CN(Cc1cc(O)c2c(c1F)CC1C[C@H]3CC(O)=C(C(N)=O)C(=O)[C@@]3(O)C(O)=C1C2=O)CC(C)(C)C. The van der Waals surface area contributed by atoms with Gasteiger partial charge < -0.3 is 31.1 Å². The zero-order chi connectivity index (χ0) is 26.9. The van der Waals surface area contributed by atoms with E-state index in [1.54, 1.807) is 0 Å². The number of rotatable bonds is 4. The fraction of sp³-hybridized carbons (Fsp3) is 0.500. The zero-order valence-electron chi connectivity index (χ0n) is 20.7. The van der Waals surface area contributed by atoms with E-state index in [4.69, 9.17) is 5.73 Å². The molecule has 0 saturated carbocycles. The van der Waals surface area contributed by atoms with Gasteiger partial charge in [0.25, 0.3) is 5.91 Å². The molecule has 4 rings (SSSR count). The fourth-order valence-corrected chi connectivity index (χ4v) is 5.99. The van der Waals surface area contributed by atoms with E-state index in [1.165, 1.54) is 6.07 Å². The van der Waals surface area contributed by atoms with Gasteiger partial charge in [0.05, 0.1) is 5.56 Å². The van der Waals surface area contributed by atoms with Crippen molar-refractivity contribution in [1.29, 1.82) is 0 Å². The molecule has 1 unspecified atom stereocenters. The van der Waals surface area contributed by atoms with Crippen LogP contribution in [0.4, 0.5) is 4.39 Å². The van der Waals surface area contributed by atoms with Gasteiger partial charge in [0.1, 0.15) is 28.7 Å². The Balaban J connectivity index is 1.78. The highest BCUT2D eigenvalue weighted by Crippen LogP contribution is 2.51. The number of carbonyl (C=O) groups is 3. The number of nitrogens with two attached hydrogens (primary N) is 1. The molecule has 194 valence electrons. The number of primary amides is 1. The van der Waals surface area contributed by atoms with Crippen LogP contribution in [0.3, 0.4) is 0 Å². The first kappa shape index (κ1) is 25.8. The van der Waals surface area contributed by atoms with E-state index in [9.17, 15) is 34.8 Å². The monoisotopic (exact) mass is 502 g/mol. The molecule has 0 radical (unpaired) electrons. The highest BCUT2D eigenvalue weighted by Gasteiger charge is 2.59. The maximum atomic E-state index is 15.7. The van der Waals surface area contributed by atoms with Crippen molar-refractivity contribution >= 4 is 17.5 Å². The van der Waals surface area contributed by atoms with Crippen molar-refractivity contribution in [2.24, 2.45) is 23.0 Å². The highest BCUT2D eigenvalue weighted by molar-refractivity contribution is 6.24. The molecule has 9 nitrogen and oxygen atoms in total. The lowest BCUT2D eigenvalue weighted by atomic mass is 9.60. The summed E-state index contributed by atoms with van der Waals surface area (Å²) in [6.45, 7) is 6.99. The first-order chi connectivity index (χ1) is 16.6. The van der Waals surface area contributed by atoms with Crippen molar-refractivity contribution in [2.75, 3.05) is 13.6 Å². The number of hydrogen-bond donors (Lipinski definition) is 5. The maximum absolute atomic E-state index is 15.7. The van der Waals surface area contributed by atoms with Gasteiger partial charge in [0.15, 0.2) is 11.4 Å². The van der Waals surface area contributed by atoms with Crippen molar-refractivity contribution < 1.29 is 39.2 Å². The van der Waals surface area contributed by atoms with E-state index in [0.29, 0.717) is 6.54 Å². The van der Waals surface area contributed by atoms with Gasteiger partial charge in [-0.3, -0.25) is 14.4 Å². The molecule has 3 aliphatic carbocycles. The number of hydrogen-bond acceptors (Lipinski definition) is 8. The molecule has 0 saturated heterocycles. The number of nitrogens with zero attached hydrogens (tertiary/aromatic N) is 1. The molecule has 6 N–H and O–H groups in total. The van der Waals surface area contributed by atoms with Gasteiger partial charge >= 0.3 is 0 Å². The Labute approximate surface area is 207 Å². The summed E-state index contributed by atoms with van der Waals surface area (Å²) < 4.78 is 15.7. The molecule has 1 aromatic rings. The van der Waals surface area contributed by atoms with Gasteiger partial charge in [0, 0.05) is 42.1 Å². The van der Waals surface area contributed by atoms with E-state index in [1.807, 2.05) is 32.7 Å². The van der Waals surface area contributed by atoms with Crippen LogP contribution in [0.5, 0.6) is 5.75 Å². The predicted molar refractivity (Wildman–Crippen MR) is 127 cm³/mol. The number of allylic oxidation sites excluding steroid dienone is 2. The number of aliphatic hydroxyl groups excluding tert-OH is 2. The minimum atomic E-state index is -2.64. The van der Waals surface area contributed by atoms with Gasteiger partial charge in [0.2, 0.25) is 5.78 Å². The minimum Gasteiger partial charge on any atom is -0.511 e. The number of ketones is 2. The summed E-state index contributed by atoms with van der Waals surface area (Å²) in [4.78, 5) is 40.0. The Bertz CT molecular complexity index is 1260. The number of aromatic hydroxyl groups is 1. The smallest absolute Gasteiger partial charge is 0.255 e. The van der Waals surface area contributed by atoms with Gasteiger partial charge in [-0.1, -0.05) is 20.8 Å². The average molecular weight is 503 g/mol. The van der Waals surface area contributed by atoms with Gasteiger partial charge in [-0.25, -0.2) is 4.39 Å². The van der Waals surface area contributed by atoms with E-state index in [-0.39, 0.29) is 53.5 Å². The Kier molecular flexibility index (Phi) is 6.04. The van der Waals surface area contributed by atoms with Crippen LogP contribution in [0.25, 0.3) is 0 Å². The second kappa shape index (κ2) is 8.41. The second-order valence-electron chi connectivity index (χ2n) is 11.4. The molecule has 0 aromatic heterocycles. The van der Waals surface area contributed by atoms with E-state index < -0.39 is 63.6 Å². The number of aliphatic hydroxyl groups is 3. The van der Waals surface area contributed by atoms with Crippen molar-refractivity contribution in [3.05, 3.63) is 51.2 Å². The lowest BCUT2D eigenvalue weighted by Gasteiger charge is -2.45. The Morgan fingerprint density at radius 1 is 1.22 bits per heavy atom. The molecule has 0 spiro atoms. The van der Waals surface area contributed by atoms with Gasteiger partial charge in [-0.2, -0.15) is 0 Å². The Hall–Kier alpha value is -3.24. The third-order valence-electron chi connectivity index (χ3n) is 7.25. The van der Waals surface area contributed by atoms with Crippen LogP contribution in [0.1, 0.15) is 55.1 Å². The molecular weight excluding hydrogens is 471 g/mol. The maximum Gasteiger partial charge on any atom is 0.255 e. The van der Waals surface area contributed by atoms with Crippen molar-refractivity contribution in [3.8, 4) is 5.75 Å². The third-order valence-corrected chi connectivity index (χ3v) is 7.25. The zero-order valence-corrected chi connectivity index (χ0v) is 20.7. The Morgan fingerprint density at radius 2 is 1.86 bits per heavy atom. The van der Waals surface area contributed by atoms with Gasteiger partial charge in [-0.15, -0.1) is 0 Å². The third kappa shape index (κ3) is 3.88. The van der Waals surface area contributed by atoms with Crippen LogP contribution in [0, 0.1) is 23.1 Å².